The molecule has 1 aliphatic carbocycles. The fourth-order valence-electron chi connectivity index (χ4n) is 2.93. The van der Waals surface area contributed by atoms with Gasteiger partial charge in [-0.05, 0) is 51.8 Å². The largest absolute Gasteiger partial charge is 0.381 e. The van der Waals surface area contributed by atoms with Crippen molar-refractivity contribution >= 4 is 22.0 Å². The van der Waals surface area contributed by atoms with Crippen LogP contribution in [-0.4, -0.2) is 38.8 Å². The molecule has 2 rings (SSSR count). The van der Waals surface area contributed by atoms with E-state index >= 15 is 0 Å². The molecule has 6 heteroatoms. The van der Waals surface area contributed by atoms with E-state index in [2.05, 4.69) is 10.6 Å². The zero-order chi connectivity index (χ0) is 16.3. The number of carbonyl (C=O) groups is 1. The van der Waals surface area contributed by atoms with Crippen LogP contribution in [0.1, 0.15) is 33.6 Å². The number of nitrogens with one attached hydrogen (secondary N) is 2. The third kappa shape index (κ3) is 3.74. The number of hydrogen-bond acceptors (Lipinski definition) is 4. The van der Waals surface area contributed by atoms with Gasteiger partial charge in [-0.3, -0.25) is 4.79 Å². The summed E-state index contributed by atoms with van der Waals surface area (Å²) in [5, 5.41) is 15.8. The highest BCUT2D eigenvalue weighted by atomic mass is 32.1. The van der Waals surface area contributed by atoms with E-state index in [-0.39, 0.29) is 5.92 Å². The summed E-state index contributed by atoms with van der Waals surface area (Å²) in [5.74, 6) is -0.00916. The fourth-order valence-corrected chi connectivity index (χ4v) is 3.42. The average Bonchev–Trinajstić information content (AvgIpc) is 2.47. The minimum absolute atomic E-state index is 0.00713. The Bertz CT molecular complexity index is 562. The summed E-state index contributed by atoms with van der Waals surface area (Å²) in [6.07, 6.45) is 5.97. The zero-order valence-electron chi connectivity index (χ0n) is 13.3. The maximum atomic E-state index is 11.9. The van der Waals surface area contributed by atoms with Gasteiger partial charge in [0.25, 0.3) is 5.91 Å². The Morgan fingerprint density at radius 1 is 1.36 bits per heavy atom. The maximum Gasteiger partial charge on any atom is 0.255 e. The minimum Gasteiger partial charge on any atom is -0.381 e. The van der Waals surface area contributed by atoms with Crippen molar-refractivity contribution in [2.24, 2.45) is 11.8 Å². The molecule has 1 unspecified atom stereocenters. The quantitative estimate of drug-likeness (QED) is 0.669. The summed E-state index contributed by atoms with van der Waals surface area (Å²) < 4.78 is 11.6. The predicted molar refractivity (Wildman–Crippen MR) is 88.5 cm³/mol. The van der Waals surface area contributed by atoms with Crippen LogP contribution >= 0.6 is 0 Å². The van der Waals surface area contributed by atoms with Crippen LogP contribution in [0.2, 0.25) is 0 Å². The van der Waals surface area contributed by atoms with Gasteiger partial charge in [-0.1, -0.05) is 18.6 Å². The van der Waals surface area contributed by atoms with E-state index in [4.69, 9.17) is 0 Å². The van der Waals surface area contributed by atoms with Crippen molar-refractivity contribution in [1.82, 2.24) is 10.6 Å². The van der Waals surface area contributed by atoms with Crippen molar-refractivity contribution < 1.29 is 14.1 Å². The number of amides is 1. The lowest BCUT2D eigenvalue weighted by Gasteiger charge is -2.32. The standard InChI is InChI=1S/C16H24N2O3S/c1-10-12(11-6-8-17-9-7-11)4-5-13(14(10)22-21)18-15(19)16(2,3)20/h4-5,10-11,17,20H,6-9H2,1-3H3,(H,18,19). The summed E-state index contributed by atoms with van der Waals surface area (Å²) in [4.78, 5) is 12.5. The maximum absolute atomic E-state index is 11.9. The molecule has 1 fully saturated rings. The number of piperidine rings is 1. The van der Waals surface area contributed by atoms with Crippen LogP contribution in [0, 0.1) is 11.8 Å². The first-order chi connectivity index (χ1) is 10.3. The zero-order valence-corrected chi connectivity index (χ0v) is 14.1. The van der Waals surface area contributed by atoms with Crippen molar-refractivity contribution in [3.63, 3.8) is 0 Å². The van der Waals surface area contributed by atoms with Gasteiger partial charge in [-0.2, -0.15) is 0 Å². The van der Waals surface area contributed by atoms with Crippen LogP contribution in [0.4, 0.5) is 0 Å². The molecule has 5 nitrogen and oxygen atoms in total. The first-order valence-electron chi connectivity index (χ1n) is 7.68. The van der Waals surface area contributed by atoms with Crippen molar-refractivity contribution in [3.05, 3.63) is 23.4 Å². The lowest BCUT2D eigenvalue weighted by atomic mass is 9.79. The Morgan fingerprint density at radius 2 is 2.00 bits per heavy atom. The van der Waals surface area contributed by atoms with Crippen LogP contribution in [0.3, 0.4) is 0 Å². The Labute approximate surface area is 134 Å². The van der Waals surface area contributed by atoms with E-state index in [1.807, 2.05) is 13.0 Å². The van der Waals surface area contributed by atoms with E-state index < -0.39 is 11.5 Å². The first kappa shape index (κ1) is 17.1. The van der Waals surface area contributed by atoms with Gasteiger partial charge in [0.15, 0.2) is 0 Å². The van der Waals surface area contributed by atoms with Crippen LogP contribution in [0.25, 0.3) is 0 Å². The molecular formula is C16H24N2O3S. The summed E-state index contributed by atoms with van der Waals surface area (Å²) in [6.45, 7) is 6.86. The second-order valence-corrected chi connectivity index (χ2v) is 7.06. The molecule has 22 heavy (non-hydrogen) atoms. The van der Waals surface area contributed by atoms with Crippen LogP contribution in [-0.2, 0) is 16.1 Å². The third-order valence-electron chi connectivity index (χ3n) is 4.31. The summed E-state index contributed by atoms with van der Waals surface area (Å²) >= 11 is 0.428. The summed E-state index contributed by atoms with van der Waals surface area (Å²) in [5.41, 5.74) is 0.306. The first-order valence-corrected chi connectivity index (χ1v) is 8.42. The van der Waals surface area contributed by atoms with Gasteiger partial charge in [0.2, 0.25) is 0 Å². The van der Waals surface area contributed by atoms with Gasteiger partial charge in [-0.25, -0.2) is 4.21 Å². The Balaban J connectivity index is 2.24. The topological polar surface area (TPSA) is 78.4 Å². The van der Waals surface area contributed by atoms with E-state index in [1.165, 1.54) is 19.4 Å². The SMILES string of the molecule is CC1C(C2CCNCC2)=CC=C(NC(=O)C(C)(C)O)C1=S=O. The Hall–Kier alpha value is -1.24. The molecule has 1 saturated heterocycles. The molecule has 0 radical (unpaired) electrons. The van der Waals surface area contributed by atoms with Crippen LogP contribution in [0.5, 0.6) is 0 Å². The Morgan fingerprint density at radius 3 is 2.55 bits per heavy atom. The fraction of sp³-hybridized carbons (Fsp3) is 0.625. The second kappa shape index (κ2) is 6.89. The van der Waals surface area contributed by atoms with Gasteiger partial charge >= 0.3 is 0 Å². The van der Waals surface area contributed by atoms with Crippen molar-refractivity contribution in [3.8, 4) is 0 Å². The van der Waals surface area contributed by atoms with Gasteiger partial charge in [0.1, 0.15) is 5.60 Å². The van der Waals surface area contributed by atoms with Crippen LogP contribution in [0.15, 0.2) is 23.4 Å². The normalized spacial score (nSPS) is 23.6. The highest BCUT2D eigenvalue weighted by Crippen LogP contribution is 2.32. The molecule has 2 aliphatic rings. The Kier molecular flexibility index (Phi) is 5.36. The van der Waals surface area contributed by atoms with E-state index in [0.717, 1.165) is 25.9 Å². The summed E-state index contributed by atoms with van der Waals surface area (Å²) in [7, 11) is 0. The molecule has 0 saturated carbocycles. The predicted octanol–water partition coefficient (Wildman–Crippen LogP) is 0.718. The molecule has 1 heterocycles. The highest BCUT2D eigenvalue weighted by molar-refractivity contribution is 7.67. The monoisotopic (exact) mass is 324 g/mol. The number of aliphatic hydroxyl groups is 1. The highest BCUT2D eigenvalue weighted by Gasteiger charge is 2.31. The number of rotatable bonds is 3. The van der Waals surface area contributed by atoms with Crippen LogP contribution < -0.4 is 10.6 Å². The molecule has 122 valence electrons. The number of hydrogen-bond donors (Lipinski definition) is 3. The van der Waals surface area contributed by atoms with Crippen molar-refractivity contribution in [2.45, 2.75) is 39.2 Å². The van der Waals surface area contributed by atoms with E-state index in [9.17, 15) is 14.1 Å². The smallest absolute Gasteiger partial charge is 0.255 e. The second-order valence-electron chi connectivity index (χ2n) is 6.45. The summed E-state index contributed by atoms with van der Waals surface area (Å²) in [6, 6.07) is 0. The average molecular weight is 324 g/mol. The van der Waals surface area contributed by atoms with Gasteiger partial charge in [0.05, 0.1) is 21.8 Å². The molecule has 3 N–H and O–H groups in total. The van der Waals surface area contributed by atoms with E-state index in [1.54, 1.807) is 6.08 Å². The molecule has 0 spiro atoms. The molecule has 0 aromatic heterocycles. The molecule has 1 aliphatic heterocycles. The van der Waals surface area contributed by atoms with E-state index in [0.29, 0.717) is 27.7 Å². The number of carbonyl (C=O) groups excluding carboxylic acids is 1. The van der Waals surface area contributed by atoms with Gasteiger partial charge in [-0.15, -0.1) is 0 Å². The molecule has 1 amide bonds. The molecule has 1 atom stereocenters. The lowest BCUT2D eigenvalue weighted by Crippen LogP contribution is -2.44. The van der Waals surface area contributed by atoms with Gasteiger partial charge in [0, 0.05) is 5.92 Å². The molecule has 0 aromatic rings. The van der Waals surface area contributed by atoms with Crippen molar-refractivity contribution in [1.29, 1.82) is 0 Å². The molecule has 0 bridgehead atoms. The molecular weight excluding hydrogens is 300 g/mol. The van der Waals surface area contributed by atoms with Gasteiger partial charge < -0.3 is 15.7 Å². The van der Waals surface area contributed by atoms with Crippen molar-refractivity contribution in [2.75, 3.05) is 13.1 Å². The molecule has 0 aromatic carbocycles. The minimum atomic E-state index is -1.47. The lowest BCUT2D eigenvalue weighted by molar-refractivity contribution is -0.135. The third-order valence-corrected chi connectivity index (χ3v) is 5.06. The number of allylic oxidation sites excluding steroid dienone is 4.